The molecule has 1 unspecified atom stereocenters. The highest BCUT2D eigenvalue weighted by molar-refractivity contribution is 5.76. The third-order valence-electron chi connectivity index (χ3n) is 3.75. The van der Waals surface area contributed by atoms with Gasteiger partial charge in [-0.25, -0.2) is 0 Å². The van der Waals surface area contributed by atoms with Crippen LogP contribution in [0.1, 0.15) is 29.2 Å². The normalized spacial score (nSPS) is 11.8. The predicted molar refractivity (Wildman–Crippen MR) is 90.5 cm³/mol. The first kappa shape index (κ1) is 17.0. The lowest BCUT2D eigenvalue weighted by Crippen LogP contribution is -2.28. The van der Waals surface area contributed by atoms with E-state index in [1.807, 2.05) is 31.2 Å². The maximum absolute atomic E-state index is 11.9. The summed E-state index contributed by atoms with van der Waals surface area (Å²) in [6.07, 6.45) is 0.396. The van der Waals surface area contributed by atoms with E-state index in [1.165, 1.54) is 5.56 Å². The van der Waals surface area contributed by atoms with E-state index in [0.29, 0.717) is 12.8 Å². The number of aryl methyl sites for hydroxylation is 2. The number of ether oxygens (including phenoxy) is 1. The number of aliphatic hydroxyl groups is 1. The predicted octanol–water partition coefficient (Wildman–Crippen LogP) is 2.79. The van der Waals surface area contributed by atoms with Crippen LogP contribution in [0.15, 0.2) is 48.5 Å². The molecule has 0 fully saturated rings. The van der Waals surface area contributed by atoms with Gasteiger partial charge in [0.05, 0.1) is 13.2 Å². The lowest BCUT2D eigenvalue weighted by Gasteiger charge is -2.13. The van der Waals surface area contributed by atoms with Crippen LogP contribution in [0, 0.1) is 6.92 Å². The van der Waals surface area contributed by atoms with Gasteiger partial charge in [-0.2, -0.15) is 0 Å². The molecule has 0 bridgehead atoms. The molecule has 2 rings (SSSR count). The van der Waals surface area contributed by atoms with E-state index < -0.39 is 6.10 Å². The Morgan fingerprint density at radius 3 is 2.39 bits per heavy atom. The van der Waals surface area contributed by atoms with Crippen LogP contribution in [0.2, 0.25) is 0 Å². The lowest BCUT2D eigenvalue weighted by atomic mass is 10.1. The average Bonchev–Trinajstić information content (AvgIpc) is 2.59. The average molecular weight is 313 g/mol. The maximum Gasteiger partial charge on any atom is 0.220 e. The summed E-state index contributed by atoms with van der Waals surface area (Å²) in [5, 5.41) is 12.9. The number of hydrogen-bond donors (Lipinski definition) is 2. The molecule has 0 heterocycles. The molecule has 4 heteroatoms. The van der Waals surface area contributed by atoms with E-state index in [0.717, 1.165) is 16.9 Å². The van der Waals surface area contributed by atoms with Gasteiger partial charge in [0.2, 0.25) is 5.91 Å². The minimum atomic E-state index is -0.718. The largest absolute Gasteiger partial charge is 0.497 e. The smallest absolute Gasteiger partial charge is 0.220 e. The third kappa shape index (κ3) is 5.42. The molecule has 0 aromatic heterocycles. The van der Waals surface area contributed by atoms with Crippen LogP contribution in [0.3, 0.4) is 0 Å². The number of benzene rings is 2. The van der Waals surface area contributed by atoms with E-state index in [9.17, 15) is 9.90 Å². The fraction of sp³-hybridized carbons (Fsp3) is 0.316. The van der Waals surface area contributed by atoms with Crippen LogP contribution >= 0.6 is 0 Å². The van der Waals surface area contributed by atoms with Crippen molar-refractivity contribution in [2.24, 2.45) is 0 Å². The first-order valence-corrected chi connectivity index (χ1v) is 7.73. The molecule has 1 amide bonds. The van der Waals surface area contributed by atoms with E-state index >= 15 is 0 Å². The molecule has 0 spiro atoms. The molecule has 23 heavy (non-hydrogen) atoms. The van der Waals surface area contributed by atoms with Crippen LogP contribution < -0.4 is 10.1 Å². The summed E-state index contributed by atoms with van der Waals surface area (Å²) in [7, 11) is 1.60. The number of amides is 1. The van der Waals surface area contributed by atoms with Gasteiger partial charge in [0.25, 0.3) is 0 Å². The van der Waals surface area contributed by atoms with Crippen molar-refractivity contribution in [3.8, 4) is 5.75 Å². The Morgan fingerprint density at radius 1 is 1.13 bits per heavy atom. The van der Waals surface area contributed by atoms with Gasteiger partial charge in [0.15, 0.2) is 0 Å². The van der Waals surface area contributed by atoms with Crippen molar-refractivity contribution in [1.29, 1.82) is 0 Å². The Balaban J connectivity index is 1.75. The molecule has 122 valence electrons. The van der Waals surface area contributed by atoms with Gasteiger partial charge in [-0.3, -0.25) is 4.79 Å². The SMILES string of the molecule is COc1ccc(C(O)CNC(=O)CCc2ccc(C)cc2)cc1. The zero-order valence-corrected chi connectivity index (χ0v) is 13.6. The first-order chi connectivity index (χ1) is 11.1. The zero-order valence-electron chi connectivity index (χ0n) is 13.6. The molecule has 0 aliphatic rings. The quantitative estimate of drug-likeness (QED) is 0.826. The Bertz CT molecular complexity index is 620. The summed E-state index contributed by atoms with van der Waals surface area (Å²) >= 11 is 0. The van der Waals surface area contributed by atoms with Crippen molar-refractivity contribution < 1.29 is 14.6 Å². The highest BCUT2D eigenvalue weighted by Crippen LogP contribution is 2.17. The van der Waals surface area contributed by atoms with Crippen LogP contribution in [0.5, 0.6) is 5.75 Å². The van der Waals surface area contributed by atoms with Crippen LogP contribution in [-0.4, -0.2) is 24.7 Å². The van der Waals surface area contributed by atoms with Gasteiger partial charge in [-0.1, -0.05) is 42.0 Å². The van der Waals surface area contributed by atoms with Gasteiger partial charge >= 0.3 is 0 Å². The fourth-order valence-corrected chi connectivity index (χ4v) is 2.26. The highest BCUT2D eigenvalue weighted by Gasteiger charge is 2.10. The molecule has 0 aliphatic heterocycles. The summed E-state index contributed by atoms with van der Waals surface area (Å²) in [5.74, 6) is 0.682. The maximum atomic E-state index is 11.9. The molecule has 0 saturated carbocycles. The number of hydrogen-bond acceptors (Lipinski definition) is 3. The van der Waals surface area contributed by atoms with Crippen LogP contribution in [-0.2, 0) is 11.2 Å². The summed E-state index contributed by atoms with van der Waals surface area (Å²) in [6, 6.07) is 15.3. The fourth-order valence-electron chi connectivity index (χ4n) is 2.26. The second-order valence-corrected chi connectivity index (χ2v) is 5.58. The minimum Gasteiger partial charge on any atom is -0.497 e. The molecular formula is C19H23NO3. The molecule has 2 N–H and O–H groups in total. The number of carbonyl (C=O) groups excluding carboxylic acids is 1. The van der Waals surface area contributed by atoms with Crippen molar-refractivity contribution in [1.82, 2.24) is 5.32 Å². The van der Waals surface area contributed by atoms with Gasteiger partial charge in [-0.15, -0.1) is 0 Å². The highest BCUT2D eigenvalue weighted by atomic mass is 16.5. The molecule has 0 aliphatic carbocycles. The van der Waals surface area contributed by atoms with Gasteiger partial charge in [0.1, 0.15) is 5.75 Å². The summed E-state index contributed by atoms with van der Waals surface area (Å²) in [5.41, 5.74) is 3.10. The van der Waals surface area contributed by atoms with E-state index in [4.69, 9.17) is 4.74 Å². The Kier molecular flexibility index (Phi) is 6.18. The summed E-state index contributed by atoms with van der Waals surface area (Å²) in [6.45, 7) is 2.25. The van der Waals surface area contributed by atoms with Crippen LogP contribution in [0.25, 0.3) is 0 Å². The molecule has 4 nitrogen and oxygen atoms in total. The number of aliphatic hydroxyl groups excluding tert-OH is 1. The third-order valence-corrected chi connectivity index (χ3v) is 3.75. The lowest BCUT2D eigenvalue weighted by molar-refractivity contribution is -0.121. The molecular weight excluding hydrogens is 290 g/mol. The summed E-state index contributed by atoms with van der Waals surface area (Å²) in [4.78, 5) is 11.9. The van der Waals surface area contributed by atoms with Crippen molar-refractivity contribution in [2.45, 2.75) is 25.9 Å². The number of carbonyl (C=O) groups is 1. The second-order valence-electron chi connectivity index (χ2n) is 5.58. The van der Waals surface area contributed by atoms with E-state index in [2.05, 4.69) is 5.32 Å². The minimum absolute atomic E-state index is 0.0573. The Morgan fingerprint density at radius 2 is 1.78 bits per heavy atom. The topological polar surface area (TPSA) is 58.6 Å². The first-order valence-electron chi connectivity index (χ1n) is 7.73. The van der Waals surface area contributed by atoms with Crippen molar-refractivity contribution in [3.63, 3.8) is 0 Å². The van der Waals surface area contributed by atoms with Crippen molar-refractivity contribution in [3.05, 3.63) is 65.2 Å². The van der Waals surface area contributed by atoms with E-state index in [1.54, 1.807) is 31.4 Å². The zero-order chi connectivity index (χ0) is 16.7. The molecule has 2 aromatic carbocycles. The second kappa shape index (κ2) is 8.34. The van der Waals surface area contributed by atoms with Crippen molar-refractivity contribution >= 4 is 5.91 Å². The van der Waals surface area contributed by atoms with Gasteiger partial charge in [0, 0.05) is 13.0 Å². The Hall–Kier alpha value is -2.33. The van der Waals surface area contributed by atoms with Crippen LogP contribution in [0.4, 0.5) is 0 Å². The molecule has 1 atom stereocenters. The summed E-state index contributed by atoms with van der Waals surface area (Å²) < 4.78 is 5.08. The molecule has 0 radical (unpaired) electrons. The number of methoxy groups -OCH3 is 1. The standard InChI is InChI=1S/C19H23NO3/c1-14-3-5-15(6-4-14)7-12-19(22)20-13-18(21)16-8-10-17(23-2)11-9-16/h3-6,8-11,18,21H,7,12-13H2,1-2H3,(H,20,22). The van der Waals surface area contributed by atoms with Crippen molar-refractivity contribution in [2.75, 3.05) is 13.7 Å². The Labute approximate surface area is 137 Å². The van der Waals surface area contributed by atoms with Gasteiger partial charge in [-0.05, 0) is 36.6 Å². The monoisotopic (exact) mass is 313 g/mol. The molecule has 0 saturated heterocycles. The number of nitrogens with one attached hydrogen (secondary N) is 1. The van der Waals surface area contributed by atoms with E-state index in [-0.39, 0.29) is 12.5 Å². The number of rotatable bonds is 7. The molecule has 2 aromatic rings. The van der Waals surface area contributed by atoms with Gasteiger partial charge < -0.3 is 15.2 Å².